The van der Waals surface area contributed by atoms with Crippen LogP contribution in [0, 0.1) is 18.3 Å². The lowest BCUT2D eigenvalue weighted by Crippen LogP contribution is -2.16. The summed E-state index contributed by atoms with van der Waals surface area (Å²) in [7, 11) is 0. The number of hydrogen-bond donors (Lipinski definition) is 1. The first kappa shape index (κ1) is 10.6. The topological polar surface area (TPSA) is 53.2 Å². The SMILES string of the molecule is Cc1ccccc1OCC(O)CC#N. The standard InChI is InChI=1S/C11H13NO2/c1-9-4-2-3-5-11(9)14-8-10(13)6-7-12/h2-5,10,13H,6,8H2,1H3. The second-order valence-corrected chi connectivity index (χ2v) is 3.09. The molecule has 74 valence electrons. The molecule has 1 atom stereocenters. The molecule has 0 aliphatic rings. The quantitative estimate of drug-likeness (QED) is 0.787. The molecule has 1 aromatic carbocycles. The van der Waals surface area contributed by atoms with Gasteiger partial charge in [-0.25, -0.2) is 0 Å². The van der Waals surface area contributed by atoms with E-state index < -0.39 is 6.10 Å². The predicted octanol–water partition coefficient (Wildman–Crippen LogP) is 1.65. The molecule has 0 heterocycles. The van der Waals surface area contributed by atoms with Crippen LogP contribution in [0.2, 0.25) is 0 Å². The fourth-order valence-corrected chi connectivity index (χ4v) is 1.07. The Bertz CT molecular complexity index is 330. The largest absolute Gasteiger partial charge is 0.491 e. The number of ether oxygens (including phenoxy) is 1. The molecule has 1 rings (SSSR count). The van der Waals surface area contributed by atoms with E-state index in [0.29, 0.717) is 0 Å². The fourth-order valence-electron chi connectivity index (χ4n) is 1.07. The summed E-state index contributed by atoms with van der Waals surface area (Å²) in [5, 5.41) is 17.6. The Kier molecular flexibility index (Phi) is 3.96. The summed E-state index contributed by atoms with van der Waals surface area (Å²) < 4.78 is 5.35. The fraction of sp³-hybridized carbons (Fsp3) is 0.364. The highest BCUT2D eigenvalue weighted by Gasteiger charge is 2.04. The Morgan fingerprint density at radius 1 is 1.50 bits per heavy atom. The summed E-state index contributed by atoms with van der Waals surface area (Å²) in [6.45, 7) is 2.10. The van der Waals surface area contributed by atoms with Gasteiger partial charge in [0.25, 0.3) is 0 Å². The maximum Gasteiger partial charge on any atom is 0.122 e. The predicted molar refractivity (Wildman–Crippen MR) is 52.9 cm³/mol. The number of benzene rings is 1. The van der Waals surface area contributed by atoms with Crippen LogP contribution in [0.5, 0.6) is 5.75 Å². The van der Waals surface area contributed by atoms with Crippen molar-refractivity contribution in [2.24, 2.45) is 0 Å². The molecule has 0 amide bonds. The van der Waals surface area contributed by atoms with E-state index in [-0.39, 0.29) is 13.0 Å². The normalized spacial score (nSPS) is 11.8. The van der Waals surface area contributed by atoms with Gasteiger partial charge in [0.05, 0.1) is 12.5 Å². The van der Waals surface area contributed by atoms with Crippen molar-refractivity contribution in [1.29, 1.82) is 5.26 Å². The zero-order valence-corrected chi connectivity index (χ0v) is 8.10. The van der Waals surface area contributed by atoms with Gasteiger partial charge in [-0.05, 0) is 18.6 Å². The van der Waals surface area contributed by atoms with Crippen molar-refractivity contribution in [2.45, 2.75) is 19.4 Å². The summed E-state index contributed by atoms with van der Waals surface area (Å²) in [5.74, 6) is 0.754. The summed E-state index contributed by atoms with van der Waals surface area (Å²) in [5.41, 5.74) is 1.02. The van der Waals surface area contributed by atoms with Crippen molar-refractivity contribution < 1.29 is 9.84 Å². The van der Waals surface area contributed by atoms with Crippen molar-refractivity contribution in [2.75, 3.05) is 6.61 Å². The van der Waals surface area contributed by atoms with Gasteiger partial charge in [-0.1, -0.05) is 18.2 Å². The molecule has 0 aliphatic heterocycles. The first-order valence-electron chi connectivity index (χ1n) is 4.47. The van der Waals surface area contributed by atoms with Crippen LogP contribution in [0.4, 0.5) is 0 Å². The highest BCUT2D eigenvalue weighted by Crippen LogP contribution is 2.16. The molecule has 0 saturated heterocycles. The number of aliphatic hydroxyl groups excluding tert-OH is 1. The van der Waals surface area contributed by atoms with Crippen LogP contribution in [0.15, 0.2) is 24.3 Å². The molecule has 0 saturated carbocycles. The number of nitrogens with zero attached hydrogens (tertiary/aromatic N) is 1. The van der Waals surface area contributed by atoms with Crippen LogP contribution in [0.3, 0.4) is 0 Å². The molecular formula is C11H13NO2. The van der Waals surface area contributed by atoms with Crippen LogP contribution in [0.25, 0.3) is 0 Å². The minimum absolute atomic E-state index is 0.103. The minimum Gasteiger partial charge on any atom is -0.491 e. The minimum atomic E-state index is -0.709. The molecule has 0 spiro atoms. The highest BCUT2D eigenvalue weighted by atomic mass is 16.5. The second kappa shape index (κ2) is 5.25. The Morgan fingerprint density at radius 2 is 2.21 bits per heavy atom. The van der Waals surface area contributed by atoms with E-state index in [1.165, 1.54) is 0 Å². The molecule has 0 aromatic heterocycles. The number of aliphatic hydroxyl groups is 1. The van der Waals surface area contributed by atoms with E-state index in [4.69, 9.17) is 10.00 Å². The van der Waals surface area contributed by atoms with Crippen LogP contribution >= 0.6 is 0 Å². The maximum atomic E-state index is 9.25. The molecule has 0 bridgehead atoms. The van der Waals surface area contributed by atoms with E-state index in [1.807, 2.05) is 37.3 Å². The van der Waals surface area contributed by atoms with Gasteiger partial charge in [-0.3, -0.25) is 0 Å². The van der Waals surface area contributed by atoms with Gasteiger partial charge in [-0.15, -0.1) is 0 Å². The third-order valence-corrected chi connectivity index (χ3v) is 1.85. The molecule has 0 radical (unpaired) electrons. The van der Waals surface area contributed by atoms with Crippen molar-refractivity contribution in [3.8, 4) is 11.8 Å². The molecule has 0 fully saturated rings. The van der Waals surface area contributed by atoms with Crippen molar-refractivity contribution in [3.63, 3.8) is 0 Å². The summed E-state index contributed by atoms with van der Waals surface area (Å²) >= 11 is 0. The Hall–Kier alpha value is -1.53. The van der Waals surface area contributed by atoms with E-state index >= 15 is 0 Å². The van der Waals surface area contributed by atoms with E-state index in [1.54, 1.807) is 0 Å². The summed E-state index contributed by atoms with van der Waals surface area (Å²) in [6, 6.07) is 9.47. The maximum absolute atomic E-state index is 9.25. The molecular weight excluding hydrogens is 178 g/mol. The van der Waals surface area contributed by atoms with E-state index in [2.05, 4.69) is 0 Å². The number of para-hydroxylation sites is 1. The molecule has 1 unspecified atom stereocenters. The van der Waals surface area contributed by atoms with Gasteiger partial charge in [0, 0.05) is 0 Å². The first-order valence-corrected chi connectivity index (χ1v) is 4.47. The lowest BCUT2D eigenvalue weighted by atomic mass is 10.2. The van der Waals surface area contributed by atoms with Gasteiger partial charge < -0.3 is 9.84 Å². The van der Waals surface area contributed by atoms with Gasteiger partial charge >= 0.3 is 0 Å². The number of rotatable bonds is 4. The monoisotopic (exact) mass is 191 g/mol. The van der Waals surface area contributed by atoms with Crippen LogP contribution in [-0.2, 0) is 0 Å². The van der Waals surface area contributed by atoms with Crippen molar-refractivity contribution >= 4 is 0 Å². The molecule has 1 aromatic rings. The second-order valence-electron chi connectivity index (χ2n) is 3.09. The van der Waals surface area contributed by atoms with Crippen molar-refractivity contribution in [3.05, 3.63) is 29.8 Å². The highest BCUT2D eigenvalue weighted by molar-refractivity contribution is 5.31. The third kappa shape index (κ3) is 3.08. The number of nitriles is 1. The smallest absolute Gasteiger partial charge is 0.122 e. The average molecular weight is 191 g/mol. The van der Waals surface area contributed by atoms with Gasteiger partial charge in [-0.2, -0.15) is 5.26 Å². The zero-order chi connectivity index (χ0) is 10.4. The summed E-state index contributed by atoms with van der Waals surface area (Å²) in [4.78, 5) is 0. The van der Waals surface area contributed by atoms with Crippen molar-refractivity contribution in [1.82, 2.24) is 0 Å². The lowest BCUT2D eigenvalue weighted by molar-refractivity contribution is 0.111. The van der Waals surface area contributed by atoms with E-state index in [0.717, 1.165) is 11.3 Å². The number of aryl methyl sites for hydroxylation is 1. The van der Waals surface area contributed by atoms with Crippen LogP contribution < -0.4 is 4.74 Å². The van der Waals surface area contributed by atoms with Crippen LogP contribution in [0.1, 0.15) is 12.0 Å². The molecule has 14 heavy (non-hydrogen) atoms. The average Bonchev–Trinajstić information content (AvgIpc) is 2.17. The summed E-state index contributed by atoms with van der Waals surface area (Å²) in [6.07, 6.45) is -0.606. The molecule has 1 N–H and O–H groups in total. The third-order valence-electron chi connectivity index (χ3n) is 1.85. The van der Waals surface area contributed by atoms with Gasteiger partial charge in [0.1, 0.15) is 18.5 Å². The van der Waals surface area contributed by atoms with Gasteiger partial charge in [0.15, 0.2) is 0 Å². The zero-order valence-electron chi connectivity index (χ0n) is 8.10. The Morgan fingerprint density at radius 3 is 2.86 bits per heavy atom. The lowest BCUT2D eigenvalue weighted by Gasteiger charge is -2.10. The molecule has 3 heteroatoms. The number of hydrogen-bond acceptors (Lipinski definition) is 3. The molecule has 3 nitrogen and oxygen atoms in total. The van der Waals surface area contributed by atoms with E-state index in [9.17, 15) is 5.11 Å². The van der Waals surface area contributed by atoms with Gasteiger partial charge in [0.2, 0.25) is 0 Å². The molecule has 0 aliphatic carbocycles. The Labute approximate surface area is 83.6 Å². The van der Waals surface area contributed by atoms with Crippen LogP contribution in [-0.4, -0.2) is 17.8 Å². The Balaban J connectivity index is 2.46. The first-order chi connectivity index (χ1) is 6.74.